The fourth-order valence-electron chi connectivity index (χ4n) is 3.58. The highest BCUT2D eigenvalue weighted by Crippen LogP contribution is 2.27. The van der Waals surface area contributed by atoms with Gasteiger partial charge in [0.05, 0.1) is 18.7 Å². The van der Waals surface area contributed by atoms with E-state index in [1.54, 1.807) is 6.20 Å². The standard InChI is InChI=1S/C23H22N6O/c1-2-6-19(7-3-1)26-23-27-20-14-18(13-17-5-4-8-24-15-17)16-25-21(20)22(28-23)29-9-11-30-12-10-29/h1-8,14-16H,9-13H2,(H,26,27,28). The largest absolute Gasteiger partial charge is 0.378 e. The number of rotatable bonds is 5. The molecule has 1 N–H and O–H groups in total. The summed E-state index contributed by atoms with van der Waals surface area (Å²) in [5, 5.41) is 3.33. The number of hydrogen-bond donors (Lipinski definition) is 1. The van der Waals surface area contributed by atoms with E-state index < -0.39 is 0 Å². The summed E-state index contributed by atoms with van der Waals surface area (Å²) in [4.78, 5) is 20.7. The highest BCUT2D eigenvalue weighted by atomic mass is 16.5. The van der Waals surface area contributed by atoms with Gasteiger partial charge in [-0.15, -0.1) is 0 Å². The van der Waals surface area contributed by atoms with E-state index in [1.807, 2.05) is 48.8 Å². The maximum Gasteiger partial charge on any atom is 0.229 e. The van der Waals surface area contributed by atoms with E-state index in [0.717, 1.165) is 53.2 Å². The van der Waals surface area contributed by atoms with E-state index in [2.05, 4.69) is 27.3 Å². The Morgan fingerprint density at radius 3 is 2.60 bits per heavy atom. The number of anilines is 3. The molecule has 30 heavy (non-hydrogen) atoms. The second-order valence-corrected chi connectivity index (χ2v) is 7.21. The lowest BCUT2D eigenvalue weighted by Crippen LogP contribution is -2.37. The van der Waals surface area contributed by atoms with Crippen molar-refractivity contribution in [2.24, 2.45) is 0 Å². The van der Waals surface area contributed by atoms with Crippen LogP contribution in [0.2, 0.25) is 0 Å². The first-order valence-electron chi connectivity index (χ1n) is 10.1. The van der Waals surface area contributed by atoms with Crippen molar-refractivity contribution in [1.29, 1.82) is 0 Å². The number of nitrogens with one attached hydrogen (secondary N) is 1. The average molecular weight is 398 g/mol. The van der Waals surface area contributed by atoms with Crippen LogP contribution in [0.5, 0.6) is 0 Å². The van der Waals surface area contributed by atoms with Gasteiger partial charge in [-0.2, -0.15) is 4.98 Å². The van der Waals surface area contributed by atoms with Gasteiger partial charge in [0.1, 0.15) is 5.52 Å². The lowest BCUT2D eigenvalue weighted by atomic mass is 10.1. The normalized spacial score (nSPS) is 14.1. The molecule has 7 nitrogen and oxygen atoms in total. The third-order valence-electron chi connectivity index (χ3n) is 5.05. The van der Waals surface area contributed by atoms with Gasteiger partial charge in [-0.3, -0.25) is 9.97 Å². The third-order valence-corrected chi connectivity index (χ3v) is 5.05. The fourth-order valence-corrected chi connectivity index (χ4v) is 3.58. The van der Waals surface area contributed by atoms with Crippen LogP contribution in [0.4, 0.5) is 17.5 Å². The Bertz CT molecular complexity index is 1130. The van der Waals surface area contributed by atoms with Crippen LogP contribution in [0, 0.1) is 0 Å². The number of morpholine rings is 1. The molecule has 1 fully saturated rings. The molecule has 0 unspecified atom stereocenters. The first kappa shape index (κ1) is 18.4. The summed E-state index contributed by atoms with van der Waals surface area (Å²) in [5.41, 5.74) is 4.82. The summed E-state index contributed by atoms with van der Waals surface area (Å²) in [6, 6.07) is 16.1. The molecule has 4 aromatic rings. The molecule has 1 saturated heterocycles. The van der Waals surface area contributed by atoms with Gasteiger partial charge in [-0.25, -0.2) is 4.98 Å². The molecule has 0 radical (unpaired) electrons. The van der Waals surface area contributed by atoms with Crippen LogP contribution in [-0.4, -0.2) is 46.2 Å². The van der Waals surface area contributed by atoms with Gasteiger partial charge in [0, 0.05) is 43.8 Å². The minimum absolute atomic E-state index is 0.565. The van der Waals surface area contributed by atoms with Crippen LogP contribution in [0.25, 0.3) is 11.0 Å². The number of hydrogen-bond acceptors (Lipinski definition) is 7. The van der Waals surface area contributed by atoms with Crippen LogP contribution < -0.4 is 10.2 Å². The molecular formula is C23H22N6O. The molecule has 7 heteroatoms. The topological polar surface area (TPSA) is 76.1 Å². The van der Waals surface area contributed by atoms with Crippen LogP contribution in [0.15, 0.2) is 67.1 Å². The lowest BCUT2D eigenvalue weighted by Gasteiger charge is -2.28. The van der Waals surface area contributed by atoms with Gasteiger partial charge in [0.25, 0.3) is 0 Å². The highest BCUT2D eigenvalue weighted by Gasteiger charge is 2.19. The van der Waals surface area contributed by atoms with Crippen molar-refractivity contribution in [1.82, 2.24) is 19.9 Å². The molecule has 4 heterocycles. The number of benzene rings is 1. The second-order valence-electron chi connectivity index (χ2n) is 7.21. The molecule has 1 aliphatic heterocycles. The van der Waals surface area contributed by atoms with E-state index in [1.165, 1.54) is 0 Å². The van der Waals surface area contributed by atoms with Gasteiger partial charge in [-0.1, -0.05) is 24.3 Å². The first-order chi connectivity index (χ1) is 14.8. The molecule has 5 rings (SSSR count). The molecule has 150 valence electrons. The second kappa shape index (κ2) is 8.42. The predicted molar refractivity (Wildman–Crippen MR) is 117 cm³/mol. The summed E-state index contributed by atoms with van der Waals surface area (Å²) in [7, 11) is 0. The van der Waals surface area contributed by atoms with Crippen molar-refractivity contribution in [3.63, 3.8) is 0 Å². The van der Waals surface area contributed by atoms with Crippen LogP contribution in [0.1, 0.15) is 11.1 Å². The molecule has 0 amide bonds. The summed E-state index contributed by atoms with van der Waals surface area (Å²) in [6.45, 7) is 2.95. The Balaban J connectivity index is 1.55. The van der Waals surface area contributed by atoms with Gasteiger partial charge in [0.2, 0.25) is 5.95 Å². The number of aromatic nitrogens is 4. The Kier molecular flexibility index (Phi) is 5.18. The zero-order valence-electron chi connectivity index (χ0n) is 16.5. The lowest BCUT2D eigenvalue weighted by molar-refractivity contribution is 0.122. The molecule has 1 aromatic carbocycles. The zero-order valence-corrected chi connectivity index (χ0v) is 16.5. The number of para-hydroxylation sites is 1. The van der Waals surface area contributed by atoms with Crippen LogP contribution >= 0.6 is 0 Å². The Morgan fingerprint density at radius 1 is 0.933 bits per heavy atom. The quantitative estimate of drug-likeness (QED) is 0.550. The van der Waals surface area contributed by atoms with Crippen LogP contribution in [0.3, 0.4) is 0 Å². The van der Waals surface area contributed by atoms with E-state index in [0.29, 0.717) is 19.2 Å². The molecule has 0 bridgehead atoms. The SMILES string of the molecule is c1ccc(Nc2nc(N3CCOCC3)c3ncc(Cc4cccnc4)cc3n2)cc1. The molecular weight excluding hydrogens is 376 g/mol. The maximum absolute atomic E-state index is 5.52. The van der Waals surface area contributed by atoms with Crippen molar-refractivity contribution in [2.75, 3.05) is 36.5 Å². The van der Waals surface area contributed by atoms with Crippen molar-refractivity contribution >= 4 is 28.5 Å². The molecule has 3 aromatic heterocycles. The third kappa shape index (κ3) is 4.06. The summed E-state index contributed by atoms with van der Waals surface area (Å²) in [6.07, 6.45) is 6.33. The minimum Gasteiger partial charge on any atom is -0.378 e. The number of ether oxygens (including phenoxy) is 1. The zero-order chi connectivity index (χ0) is 20.2. The van der Waals surface area contributed by atoms with Crippen molar-refractivity contribution in [3.8, 4) is 0 Å². The molecule has 1 aliphatic rings. The molecule has 0 saturated carbocycles. The smallest absolute Gasteiger partial charge is 0.229 e. The molecule has 0 spiro atoms. The van der Waals surface area contributed by atoms with Crippen LogP contribution in [-0.2, 0) is 11.2 Å². The summed E-state index contributed by atoms with van der Waals surface area (Å²) in [5.74, 6) is 1.41. The number of fused-ring (bicyclic) bond motifs is 1. The minimum atomic E-state index is 0.565. The summed E-state index contributed by atoms with van der Waals surface area (Å²) >= 11 is 0. The Morgan fingerprint density at radius 2 is 1.80 bits per heavy atom. The van der Waals surface area contributed by atoms with Gasteiger partial charge >= 0.3 is 0 Å². The van der Waals surface area contributed by atoms with Gasteiger partial charge < -0.3 is 15.0 Å². The molecule has 0 aliphatic carbocycles. The van der Waals surface area contributed by atoms with Gasteiger partial charge in [-0.05, 0) is 35.4 Å². The van der Waals surface area contributed by atoms with Crippen molar-refractivity contribution < 1.29 is 4.74 Å². The fraction of sp³-hybridized carbons (Fsp3) is 0.217. The monoisotopic (exact) mass is 398 g/mol. The number of nitrogens with zero attached hydrogens (tertiary/aromatic N) is 5. The average Bonchev–Trinajstić information content (AvgIpc) is 2.80. The van der Waals surface area contributed by atoms with E-state index in [-0.39, 0.29) is 0 Å². The Labute approximate surface area is 174 Å². The summed E-state index contributed by atoms with van der Waals surface area (Å²) < 4.78 is 5.52. The number of pyridine rings is 2. The van der Waals surface area contributed by atoms with E-state index >= 15 is 0 Å². The van der Waals surface area contributed by atoms with Crippen molar-refractivity contribution in [3.05, 3.63) is 78.2 Å². The molecule has 0 atom stereocenters. The maximum atomic E-state index is 5.52. The van der Waals surface area contributed by atoms with Gasteiger partial charge in [0.15, 0.2) is 5.82 Å². The van der Waals surface area contributed by atoms with Crippen molar-refractivity contribution in [2.45, 2.75) is 6.42 Å². The first-order valence-corrected chi connectivity index (χ1v) is 10.1. The van der Waals surface area contributed by atoms with E-state index in [4.69, 9.17) is 19.7 Å². The van der Waals surface area contributed by atoms with E-state index in [9.17, 15) is 0 Å². The predicted octanol–water partition coefficient (Wildman–Crippen LogP) is 3.59. The highest BCUT2D eigenvalue weighted by molar-refractivity contribution is 5.87. The Hall–Kier alpha value is -3.58.